The largest absolute Gasteiger partial charge is 0.396 e. The smallest absolute Gasteiger partial charge is 0.279 e. The van der Waals surface area contributed by atoms with Crippen LogP contribution in [-0.2, 0) is 10.8 Å². The Kier molecular flexibility index (Phi) is 20.2. The van der Waals surface area contributed by atoms with Crippen LogP contribution in [0.3, 0.4) is 0 Å². The van der Waals surface area contributed by atoms with Crippen molar-refractivity contribution in [1.29, 1.82) is 0 Å². The van der Waals surface area contributed by atoms with E-state index in [9.17, 15) is 9.00 Å². The fourth-order valence-electron chi connectivity index (χ4n) is 0.955. The molecular weight excluding hydrogens is 413 g/mol. The van der Waals surface area contributed by atoms with Crippen molar-refractivity contribution in [2.24, 2.45) is 4.99 Å². The van der Waals surface area contributed by atoms with Crippen molar-refractivity contribution in [1.82, 2.24) is 5.32 Å². The Balaban J connectivity index is 3.20. The second kappa shape index (κ2) is 19.3. The maximum atomic E-state index is 11.4. The molecule has 0 bridgehead atoms. The van der Waals surface area contributed by atoms with Gasteiger partial charge in [-0.1, -0.05) is 18.7 Å². The summed E-state index contributed by atoms with van der Waals surface area (Å²) in [7, 11) is -0.908. The third kappa shape index (κ3) is 19.2. The van der Waals surface area contributed by atoms with Gasteiger partial charge in [-0.15, -0.1) is 47.0 Å². The van der Waals surface area contributed by atoms with E-state index < -0.39 is 10.8 Å². The number of carbonyl (C=O) groups is 1. The number of rotatable bonds is 15. The number of aliphatic imine (C=N–C) groups is 1. The first-order chi connectivity index (χ1) is 11.2. The van der Waals surface area contributed by atoms with E-state index in [-0.39, 0.29) is 11.8 Å². The highest BCUT2D eigenvalue weighted by atomic mass is 32.2. The number of amides is 1. The molecule has 0 aliphatic heterocycles. The lowest BCUT2D eigenvalue weighted by molar-refractivity contribution is 0.262. The summed E-state index contributed by atoms with van der Waals surface area (Å²) >= 11 is 8.30. The standard InChI is InChI=1S/C12H24N2O3S6/c1-2-23(17)8-13-6-18-9-20-11-21-10-19-7-14-12(16)22-5-3-4-15/h8,15H,2-7,9-11H2,1H3,(H,14,16). The van der Waals surface area contributed by atoms with E-state index in [1.54, 1.807) is 23.5 Å². The monoisotopic (exact) mass is 436 g/mol. The van der Waals surface area contributed by atoms with Crippen LogP contribution >= 0.6 is 58.8 Å². The lowest BCUT2D eigenvalue weighted by Gasteiger charge is -2.04. The molecule has 0 aromatic rings. The van der Waals surface area contributed by atoms with Crippen LogP contribution in [-0.4, -0.2) is 65.2 Å². The third-order valence-corrected chi connectivity index (χ3v) is 8.53. The van der Waals surface area contributed by atoms with Crippen LogP contribution in [0.4, 0.5) is 4.79 Å². The number of nitrogens with one attached hydrogen (secondary N) is 1. The molecule has 0 aliphatic rings. The van der Waals surface area contributed by atoms with Crippen LogP contribution in [0.5, 0.6) is 0 Å². The number of hydrogen-bond acceptors (Lipinski definition) is 9. The maximum absolute atomic E-state index is 11.4. The van der Waals surface area contributed by atoms with Gasteiger partial charge in [-0.05, 0) is 6.42 Å². The molecule has 1 amide bonds. The summed E-state index contributed by atoms with van der Waals surface area (Å²) in [5.41, 5.74) is 1.53. The van der Waals surface area contributed by atoms with Gasteiger partial charge in [0.15, 0.2) is 0 Å². The van der Waals surface area contributed by atoms with E-state index >= 15 is 0 Å². The number of aliphatic hydroxyl groups excluding tert-OH is 1. The van der Waals surface area contributed by atoms with Crippen LogP contribution in [0, 0.1) is 0 Å². The molecular formula is C12H24N2O3S6. The molecule has 0 fully saturated rings. The zero-order valence-electron chi connectivity index (χ0n) is 13.1. The lowest BCUT2D eigenvalue weighted by atomic mass is 10.5. The summed E-state index contributed by atoms with van der Waals surface area (Å²) in [6, 6.07) is 0. The predicted octanol–water partition coefficient (Wildman–Crippen LogP) is 3.33. The van der Waals surface area contributed by atoms with E-state index in [1.807, 2.05) is 30.4 Å². The summed E-state index contributed by atoms with van der Waals surface area (Å²) in [4.78, 5) is 15.5. The number of carbonyl (C=O) groups excluding carboxylic acids is 1. The molecule has 0 rings (SSSR count). The molecule has 0 saturated carbocycles. The van der Waals surface area contributed by atoms with Gasteiger partial charge in [0.2, 0.25) is 0 Å². The van der Waals surface area contributed by atoms with E-state index in [0.717, 1.165) is 15.3 Å². The van der Waals surface area contributed by atoms with Crippen molar-refractivity contribution in [2.45, 2.75) is 13.3 Å². The minimum absolute atomic E-state index is 0.0220. The molecule has 0 aliphatic carbocycles. The minimum atomic E-state index is -0.908. The zero-order chi connectivity index (χ0) is 17.2. The van der Waals surface area contributed by atoms with Crippen molar-refractivity contribution in [3.63, 3.8) is 0 Å². The first kappa shape index (κ1) is 24.0. The second-order valence-electron chi connectivity index (χ2n) is 3.79. The first-order valence-electron chi connectivity index (χ1n) is 6.90. The summed E-state index contributed by atoms with van der Waals surface area (Å²) < 4.78 is 11.1. The normalized spacial score (nSPS) is 12.6. The SMILES string of the molecule is CCS(=O)C=NCSCSCSCSCNC(=O)SCCCO. The quantitative estimate of drug-likeness (QED) is 0.175. The summed E-state index contributed by atoms with van der Waals surface area (Å²) in [5, 5.41) is 14.4. The van der Waals surface area contributed by atoms with Gasteiger partial charge < -0.3 is 10.4 Å². The fraction of sp³-hybridized carbons (Fsp3) is 0.833. The highest BCUT2D eigenvalue weighted by molar-refractivity contribution is 8.26. The molecule has 5 nitrogen and oxygen atoms in total. The molecule has 0 heterocycles. The molecule has 0 aromatic carbocycles. The molecule has 1 unspecified atom stereocenters. The van der Waals surface area contributed by atoms with Crippen molar-refractivity contribution in [3.8, 4) is 0 Å². The van der Waals surface area contributed by atoms with Gasteiger partial charge in [-0.2, -0.15) is 0 Å². The van der Waals surface area contributed by atoms with Crippen molar-refractivity contribution in [3.05, 3.63) is 0 Å². The second-order valence-corrected chi connectivity index (χ2v) is 11.4. The molecule has 0 radical (unpaired) electrons. The Morgan fingerprint density at radius 1 is 1.22 bits per heavy atom. The highest BCUT2D eigenvalue weighted by Gasteiger charge is 2.00. The van der Waals surface area contributed by atoms with Gasteiger partial charge in [-0.25, -0.2) is 0 Å². The third-order valence-electron chi connectivity index (χ3n) is 2.00. The van der Waals surface area contributed by atoms with Gasteiger partial charge in [-0.3, -0.25) is 14.0 Å². The molecule has 0 saturated heterocycles. The molecule has 11 heteroatoms. The van der Waals surface area contributed by atoms with E-state index in [1.165, 1.54) is 17.3 Å². The average Bonchev–Trinajstić information content (AvgIpc) is 2.55. The van der Waals surface area contributed by atoms with Gasteiger partial charge in [0.25, 0.3) is 5.24 Å². The summed E-state index contributed by atoms with van der Waals surface area (Å²) in [5.74, 6) is 2.58. The average molecular weight is 437 g/mol. The van der Waals surface area contributed by atoms with Crippen LogP contribution in [0.25, 0.3) is 0 Å². The molecule has 23 heavy (non-hydrogen) atoms. The molecule has 0 spiro atoms. The summed E-state index contributed by atoms with van der Waals surface area (Å²) in [6.07, 6.45) is 0.651. The first-order valence-corrected chi connectivity index (χ1v) is 13.9. The van der Waals surface area contributed by atoms with Gasteiger partial charge in [0.1, 0.15) is 0 Å². The van der Waals surface area contributed by atoms with E-state index in [4.69, 9.17) is 5.11 Å². The predicted molar refractivity (Wildman–Crippen MR) is 115 cm³/mol. The van der Waals surface area contributed by atoms with Crippen molar-refractivity contribution >= 4 is 80.4 Å². The number of nitrogens with zero attached hydrogens (tertiary/aromatic N) is 1. The minimum Gasteiger partial charge on any atom is -0.396 e. The Bertz CT molecular complexity index is 347. The van der Waals surface area contributed by atoms with E-state index in [0.29, 0.717) is 29.7 Å². The molecule has 136 valence electrons. The Morgan fingerprint density at radius 3 is 2.61 bits per heavy atom. The molecule has 1 atom stereocenters. The number of aliphatic hydroxyl groups is 1. The van der Waals surface area contributed by atoms with Gasteiger partial charge in [0.05, 0.1) is 28.1 Å². The van der Waals surface area contributed by atoms with Crippen LogP contribution in [0.15, 0.2) is 4.99 Å². The Morgan fingerprint density at radius 2 is 1.91 bits per heavy atom. The molecule has 0 aromatic heterocycles. The van der Waals surface area contributed by atoms with Gasteiger partial charge >= 0.3 is 0 Å². The summed E-state index contributed by atoms with van der Waals surface area (Å²) in [6.45, 7) is 2.01. The Labute approximate surface area is 162 Å². The highest BCUT2D eigenvalue weighted by Crippen LogP contribution is 2.20. The van der Waals surface area contributed by atoms with Crippen molar-refractivity contribution in [2.75, 3.05) is 45.1 Å². The Hall–Kier alpha value is 1.000. The van der Waals surface area contributed by atoms with Crippen molar-refractivity contribution < 1.29 is 14.1 Å². The van der Waals surface area contributed by atoms with Gasteiger partial charge in [0, 0.05) is 33.4 Å². The van der Waals surface area contributed by atoms with E-state index in [2.05, 4.69) is 10.3 Å². The fourth-order valence-corrected chi connectivity index (χ4v) is 6.39. The number of hydrogen-bond donors (Lipinski definition) is 2. The van der Waals surface area contributed by atoms with Crippen LogP contribution in [0.2, 0.25) is 0 Å². The lowest BCUT2D eigenvalue weighted by Crippen LogP contribution is -2.18. The topological polar surface area (TPSA) is 78.8 Å². The van der Waals surface area contributed by atoms with Crippen LogP contribution < -0.4 is 5.32 Å². The number of thioether (sulfide) groups is 5. The zero-order valence-corrected chi connectivity index (χ0v) is 18.0. The molecule has 2 N–H and O–H groups in total. The maximum Gasteiger partial charge on any atom is 0.279 e. The van der Waals surface area contributed by atoms with Crippen LogP contribution in [0.1, 0.15) is 13.3 Å².